The van der Waals surface area contributed by atoms with Gasteiger partial charge in [-0.1, -0.05) is 43.9 Å². The molecule has 7 heteroatoms. The quantitative estimate of drug-likeness (QED) is 0.129. The van der Waals surface area contributed by atoms with Crippen LogP contribution in [0.2, 0.25) is 0 Å². The molecule has 0 fully saturated rings. The fourth-order valence-corrected chi connectivity index (χ4v) is 3.59. The molecular weight excluding hydrogens is 432 g/mol. The molecule has 0 atom stereocenters. The van der Waals surface area contributed by atoms with Crippen molar-refractivity contribution in [2.24, 2.45) is 0 Å². The van der Waals surface area contributed by atoms with Crippen LogP contribution in [0.3, 0.4) is 0 Å². The van der Waals surface area contributed by atoms with Crippen LogP contribution in [0.1, 0.15) is 73.1 Å². The summed E-state index contributed by atoms with van der Waals surface area (Å²) in [6, 6.07) is 4.56. The van der Waals surface area contributed by atoms with E-state index < -0.39 is 4.92 Å². The molecule has 0 amide bonds. The van der Waals surface area contributed by atoms with Gasteiger partial charge in [-0.05, 0) is 58.6 Å². The first kappa shape index (κ1) is 27.2. The molecule has 0 saturated heterocycles. The minimum atomic E-state index is -0.446. The van der Waals surface area contributed by atoms with E-state index in [1.165, 1.54) is 23.3 Å². The van der Waals surface area contributed by atoms with E-state index in [2.05, 4.69) is 33.8 Å². The van der Waals surface area contributed by atoms with Crippen LogP contribution < -0.4 is 15.0 Å². The second-order valence-electron chi connectivity index (χ2n) is 8.81. The highest BCUT2D eigenvalue weighted by Gasteiger charge is 2.21. The lowest BCUT2D eigenvalue weighted by atomic mass is 10.1. The number of nitro benzene ring substituents is 1. The van der Waals surface area contributed by atoms with Crippen LogP contribution >= 0.6 is 0 Å². The second kappa shape index (κ2) is 13.6. The van der Waals surface area contributed by atoms with E-state index >= 15 is 0 Å². The minimum Gasteiger partial charge on any atom is -0.489 e. The van der Waals surface area contributed by atoms with Gasteiger partial charge in [-0.2, -0.15) is 0 Å². The Bertz CT molecular complexity index is 1090. The van der Waals surface area contributed by atoms with Gasteiger partial charge in [-0.15, -0.1) is 0 Å². The monoisotopic (exact) mass is 470 g/mol. The number of fused-ring (bicyclic) bond motifs is 1. The molecule has 2 rings (SSSR count). The van der Waals surface area contributed by atoms with Gasteiger partial charge in [0.25, 0.3) is 11.2 Å². The number of nitrogens with zero attached hydrogens (tertiary/aromatic N) is 2. The summed E-state index contributed by atoms with van der Waals surface area (Å²) in [6.07, 6.45) is 9.53. The van der Waals surface area contributed by atoms with Gasteiger partial charge in [0.2, 0.25) is 5.75 Å². The number of aryl methyl sites for hydroxylation is 1. The van der Waals surface area contributed by atoms with E-state index in [1.54, 1.807) is 10.6 Å². The second-order valence-corrected chi connectivity index (χ2v) is 8.81. The molecule has 186 valence electrons. The first-order valence-corrected chi connectivity index (χ1v) is 12.2. The number of hydrogen-bond acceptors (Lipinski definition) is 5. The molecule has 7 nitrogen and oxygen atoms in total. The number of ether oxygens (including phenoxy) is 2. The summed E-state index contributed by atoms with van der Waals surface area (Å²) in [5.41, 5.74) is 2.61. The maximum atomic E-state index is 13.5. The SMILES string of the molecule is CCCCOc1c(OCC=C(C)CCC=C(C)C)c(=O)n(CCCC)c2cc([N+](=O)[O-])ccc12. The summed E-state index contributed by atoms with van der Waals surface area (Å²) in [5, 5.41) is 12.0. The zero-order valence-electron chi connectivity index (χ0n) is 21.2. The van der Waals surface area contributed by atoms with E-state index in [9.17, 15) is 14.9 Å². The number of non-ortho nitro benzene ring substituents is 1. The van der Waals surface area contributed by atoms with Crippen LogP contribution in [0.5, 0.6) is 11.5 Å². The molecule has 0 unspecified atom stereocenters. The third-order valence-electron chi connectivity index (χ3n) is 5.60. The first-order valence-electron chi connectivity index (χ1n) is 12.2. The molecule has 0 spiro atoms. The average molecular weight is 471 g/mol. The standard InChI is InChI=1S/C27H38N2O5/c1-6-8-16-28-24-19-22(29(31)32)13-14-23(24)25(33-17-9-7-2)26(27(28)30)34-18-15-21(5)12-10-11-20(3)4/h11,13-15,19H,6-10,12,16-18H2,1-5H3. The largest absolute Gasteiger partial charge is 0.489 e. The van der Waals surface area contributed by atoms with Gasteiger partial charge < -0.3 is 14.0 Å². The Kier molecular flexibility index (Phi) is 10.8. The lowest BCUT2D eigenvalue weighted by Gasteiger charge is -2.18. The zero-order chi connectivity index (χ0) is 25.1. The average Bonchev–Trinajstić information content (AvgIpc) is 2.79. The zero-order valence-corrected chi connectivity index (χ0v) is 21.2. The molecule has 1 heterocycles. The van der Waals surface area contributed by atoms with Gasteiger partial charge in [0.1, 0.15) is 6.61 Å². The van der Waals surface area contributed by atoms with Crippen molar-refractivity contribution in [2.75, 3.05) is 13.2 Å². The van der Waals surface area contributed by atoms with Crippen molar-refractivity contribution in [3.05, 3.63) is 62.0 Å². The van der Waals surface area contributed by atoms with Crippen molar-refractivity contribution in [3.8, 4) is 11.5 Å². The molecule has 0 aliphatic heterocycles. The molecule has 0 bridgehead atoms. The Hall–Kier alpha value is -3.09. The van der Waals surface area contributed by atoms with Gasteiger partial charge in [-0.25, -0.2) is 0 Å². The van der Waals surface area contributed by atoms with Crippen LogP contribution in [0.25, 0.3) is 10.9 Å². The summed E-state index contributed by atoms with van der Waals surface area (Å²) in [7, 11) is 0. The number of nitro groups is 1. The number of rotatable bonds is 14. The fourth-order valence-electron chi connectivity index (χ4n) is 3.59. The number of allylic oxidation sites excluding steroid dienone is 3. The topological polar surface area (TPSA) is 83.6 Å². The number of hydrogen-bond donors (Lipinski definition) is 0. The Morgan fingerprint density at radius 1 is 1.06 bits per heavy atom. The van der Waals surface area contributed by atoms with E-state index in [0.29, 0.717) is 29.8 Å². The molecule has 2 aromatic rings. The lowest BCUT2D eigenvalue weighted by Crippen LogP contribution is -2.24. The Morgan fingerprint density at radius 2 is 1.79 bits per heavy atom. The minimum absolute atomic E-state index is 0.0553. The highest BCUT2D eigenvalue weighted by atomic mass is 16.6. The summed E-state index contributed by atoms with van der Waals surface area (Å²) in [4.78, 5) is 24.4. The predicted molar refractivity (Wildman–Crippen MR) is 138 cm³/mol. The Labute approximate surface area is 202 Å². The third-order valence-corrected chi connectivity index (χ3v) is 5.60. The van der Waals surface area contributed by atoms with Gasteiger partial charge in [0.15, 0.2) is 5.75 Å². The Balaban J connectivity index is 2.51. The van der Waals surface area contributed by atoms with Crippen LogP contribution in [-0.2, 0) is 6.54 Å². The molecular formula is C27H38N2O5. The summed E-state index contributed by atoms with van der Waals surface area (Å²) in [6.45, 7) is 11.5. The van der Waals surface area contributed by atoms with E-state index in [-0.39, 0.29) is 23.6 Å². The summed E-state index contributed by atoms with van der Waals surface area (Å²) in [5.74, 6) is 0.536. The van der Waals surface area contributed by atoms with Gasteiger partial charge in [0.05, 0.1) is 17.0 Å². The van der Waals surface area contributed by atoms with Crippen LogP contribution in [0.4, 0.5) is 5.69 Å². The van der Waals surface area contributed by atoms with Gasteiger partial charge in [0, 0.05) is 24.1 Å². The van der Waals surface area contributed by atoms with Crippen LogP contribution in [0, 0.1) is 10.1 Å². The molecule has 0 saturated carbocycles. The summed E-state index contributed by atoms with van der Waals surface area (Å²) >= 11 is 0. The van der Waals surface area contributed by atoms with Crippen molar-refractivity contribution in [2.45, 2.75) is 79.7 Å². The maximum Gasteiger partial charge on any atom is 0.297 e. The smallest absolute Gasteiger partial charge is 0.297 e. The van der Waals surface area contributed by atoms with E-state index in [1.807, 2.05) is 13.0 Å². The fraction of sp³-hybridized carbons (Fsp3) is 0.519. The molecule has 0 aliphatic rings. The maximum absolute atomic E-state index is 13.5. The molecule has 1 aromatic carbocycles. The molecule has 0 aliphatic carbocycles. The molecule has 0 N–H and O–H groups in total. The van der Waals surface area contributed by atoms with Crippen molar-refractivity contribution in [1.29, 1.82) is 0 Å². The normalized spacial score (nSPS) is 11.5. The predicted octanol–water partition coefficient (Wildman–Crippen LogP) is 6.96. The van der Waals surface area contributed by atoms with Crippen LogP contribution in [-0.4, -0.2) is 22.7 Å². The van der Waals surface area contributed by atoms with Crippen LogP contribution in [0.15, 0.2) is 46.3 Å². The molecule has 34 heavy (non-hydrogen) atoms. The van der Waals surface area contributed by atoms with Gasteiger partial charge in [-0.3, -0.25) is 14.9 Å². The summed E-state index contributed by atoms with van der Waals surface area (Å²) < 4.78 is 13.6. The highest BCUT2D eigenvalue weighted by molar-refractivity contribution is 5.89. The third kappa shape index (κ3) is 7.47. The Morgan fingerprint density at radius 3 is 2.44 bits per heavy atom. The number of unbranched alkanes of at least 4 members (excludes halogenated alkanes) is 2. The number of benzene rings is 1. The van der Waals surface area contributed by atoms with Crippen molar-refractivity contribution < 1.29 is 14.4 Å². The van der Waals surface area contributed by atoms with E-state index in [4.69, 9.17) is 9.47 Å². The van der Waals surface area contributed by atoms with Crippen molar-refractivity contribution in [1.82, 2.24) is 4.57 Å². The first-order chi connectivity index (χ1) is 16.3. The molecule has 0 radical (unpaired) electrons. The van der Waals surface area contributed by atoms with E-state index in [0.717, 1.165) is 38.5 Å². The number of pyridine rings is 1. The van der Waals surface area contributed by atoms with Gasteiger partial charge >= 0.3 is 0 Å². The lowest BCUT2D eigenvalue weighted by molar-refractivity contribution is -0.384. The van der Waals surface area contributed by atoms with Crippen molar-refractivity contribution >= 4 is 16.6 Å². The van der Waals surface area contributed by atoms with Crippen molar-refractivity contribution in [3.63, 3.8) is 0 Å². The highest BCUT2D eigenvalue weighted by Crippen LogP contribution is 2.35. The molecule has 1 aromatic heterocycles. The number of aromatic nitrogens is 1.